The Morgan fingerprint density at radius 1 is 1.73 bits per heavy atom. The van der Waals surface area contributed by atoms with Crippen LogP contribution in [-0.2, 0) is 0 Å². The highest BCUT2D eigenvalue weighted by Gasteiger charge is 2.19. The van der Waals surface area contributed by atoms with Gasteiger partial charge in [-0.15, -0.1) is 0 Å². The highest BCUT2D eigenvalue weighted by atomic mass is 16.1. The molecule has 0 saturated carbocycles. The van der Waals surface area contributed by atoms with Gasteiger partial charge in [0.15, 0.2) is 11.5 Å². The average Bonchev–Trinajstić information content (AvgIpc) is 2.34. The summed E-state index contributed by atoms with van der Waals surface area (Å²) in [7, 11) is 0. The van der Waals surface area contributed by atoms with Crippen LogP contribution < -0.4 is 21.7 Å². The zero-order valence-corrected chi connectivity index (χ0v) is 5.66. The second kappa shape index (κ2) is 1.96. The fourth-order valence-electron chi connectivity index (χ4n) is 1.03. The zero-order valence-electron chi connectivity index (χ0n) is 5.66. The molecule has 4 N–H and O–H groups in total. The van der Waals surface area contributed by atoms with Gasteiger partial charge in [0.05, 0.1) is 6.33 Å². The van der Waals surface area contributed by atoms with Gasteiger partial charge in [-0.3, -0.25) is 9.80 Å². The minimum absolute atomic E-state index is 0.220. The summed E-state index contributed by atoms with van der Waals surface area (Å²) in [6.07, 6.45) is 1.34. The lowest BCUT2D eigenvalue weighted by Crippen LogP contribution is -2.33. The number of anilines is 2. The van der Waals surface area contributed by atoms with Gasteiger partial charge in [0, 0.05) is 0 Å². The molecule has 1 aromatic rings. The first-order valence-electron chi connectivity index (χ1n) is 3.13. The monoisotopic (exact) mass is 153 g/mol. The number of aromatic nitrogens is 2. The Hall–Kier alpha value is -1.56. The first-order valence-corrected chi connectivity index (χ1v) is 3.13. The van der Waals surface area contributed by atoms with Crippen LogP contribution in [0.3, 0.4) is 0 Å². The molecule has 1 aliphatic heterocycles. The average molecular weight is 153 g/mol. The van der Waals surface area contributed by atoms with E-state index in [1.165, 1.54) is 11.3 Å². The maximum absolute atomic E-state index is 11.1. The van der Waals surface area contributed by atoms with Crippen molar-refractivity contribution in [2.45, 2.75) is 0 Å². The summed E-state index contributed by atoms with van der Waals surface area (Å²) >= 11 is 0. The molecule has 11 heavy (non-hydrogen) atoms. The standard InChI is InChI=1S/C5H7N5O/c6-10-2-9-4-3(10)5(11)8-1-7-4/h1H,2,6H2,(H2,7,8,9,11). The number of rotatable bonds is 0. The first-order chi connectivity index (χ1) is 5.29. The molecule has 0 aliphatic carbocycles. The Balaban J connectivity index is 2.68. The molecule has 0 amide bonds. The highest BCUT2D eigenvalue weighted by molar-refractivity contribution is 5.68. The predicted octanol–water partition coefficient (Wildman–Crippen LogP) is -1.17. The van der Waals surface area contributed by atoms with Gasteiger partial charge in [0.25, 0.3) is 5.56 Å². The van der Waals surface area contributed by atoms with Crippen LogP contribution in [-0.4, -0.2) is 16.6 Å². The molecule has 0 bridgehead atoms. The number of hydrazine groups is 1. The fraction of sp³-hybridized carbons (Fsp3) is 0.200. The molecular formula is C5H7N5O. The predicted molar refractivity (Wildman–Crippen MR) is 40.0 cm³/mol. The van der Waals surface area contributed by atoms with Gasteiger partial charge in [-0.05, 0) is 0 Å². The maximum atomic E-state index is 11.1. The van der Waals surface area contributed by atoms with Crippen molar-refractivity contribution in [3.8, 4) is 0 Å². The topological polar surface area (TPSA) is 87.0 Å². The molecule has 1 aliphatic rings. The Labute approximate surface area is 62.0 Å². The number of H-pyrrole nitrogens is 1. The van der Waals surface area contributed by atoms with E-state index in [0.29, 0.717) is 18.2 Å². The van der Waals surface area contributed by atoms with Gasteiger partial charge in [0.2, 0.25) is 0 Å². The number of nitrogens with zero attached hydrogens (tertiary/aromatic N) is 2. The van der Waals surface area contributed by atoms with Crippen molar-refractivity contribution in [3.63, 3.8) is 0 Å². The molecule has 0 unspecified atom stereocenters. The minimum Gasteiger partial charge on any atom is -0.349 e. The maximum Gasteiger partial charge on any atom is 0.277 e. The summed E-state index contributed by atoms with van der Waals surface area (Å²) in [5.74, 6) is 6.00. The molecule has 0 spiro atoms. The SMILES string of the molecule is NN1CNc2nc[nH]c(=O)c21. The number of aromatic amines is 1. The quantitative estimate of drug-likeness (QED) is 0.409. The van der Waals surface area contributed by atoms with Crippen LogP contribution in [0.1, 0.15) is 0 Å². The lowest BCUT2D eigenvalue weighted by atomic mass is 10.5. The van der Waals surface area contributed by atoms with Crippen molar-refractivity contribution in [1.29, 1.82) is 0 Å². The van der Waals surface area contributed by atoms with Crippen molar-refractivity contribution in [2.75, 3.05) is 17.0 Å². The molecule has 0 atom stereocenters. The molecule has 1 aromatic heterocycles. The van der Waals surface area contributed by atoms with Crippen LogP contribution in [0, 0.1) is 0 Å². The Morgan fingerprint density at radius 3 is 3.27 bits per heavy atom. The molecule has 2 heterocycles. The highest BCUT2D eigenvalue weighted by Crippen LogP contribution is 2.19. The second-order valence-electron chi connectivity index (χ2n) is 2.23. The molecule has 2 rings (SSSR count). The molecule has 6 nitrogen and oxygen atoms in total. The largest absolute Gasteiger partial charge is 0.349 e. The Morgan fingerprint density at radius 2 is 2.55 bits per heavy atom. The molecule has 58 valence electrons. The van der Waals surface area contributed by atoms with Gasteiger partial charge in [-0.1, -0.05) is 0 Å². The van der Waals surface area contributed by atoms with E-state index in [9.17, 15) is 4.79 Å². The third kappa shape index (κ3) is 0.761. The van der Waals surface area contributed by atoms with E-state index in [2.05, 4.69) is 15.3 Å². The number of fused-ring (bicyclic) bond motifs is 1. The van der Waals surface area contributed by atoms with Crippen LogP contribution in [0.15, 0.2) is 11.1 Å². The molecule has 0 aromatic carbocycles. The van der Waals surface area contributed by atoms with E-state index in [-0.39, 0.29) is 5.56 Å². The molecule has 0 radical (unpaired) electrons. The Bertz CT molecular complexity index is 332. The summed E-state index contributed by atoms with van der Waals surface area (Å²) < 4.78 is 0. The third-order valence-electron chi connectivity index (χ3n) is 1.53. The zero-order chi connectivity index (χ0) is 7.84. The van der Waals surface area contributed by atoms with E-state index in [1.807, 2.05) is 0 Å². The van der Waals surface area contributed by atoms with Crippen molar-refractivity contribution in [3.05, 3.63) is 16.7 Å². The minimum atomic E-state index is -0.220. The normalized spacial score (nSPS) is 14.5. The number of nitrogens with two attached hydrogens (primary N) is 1. The summed E-state index contributed by atoms with van der Waals surface area (Å²) in [5, 5.41) is 4.18. The van der Waals surface area contributed by atoms with Crippen LogP contribution in [0.25, 0.3) is 0 Å². The van der Waals surface area contributed by atoms with Crippen molar-refractivity contribution in [2.24, 2.45) is 5.84 Å². The number of hydrogen-bond acceptors (Lipinski definition) is 5. The third-order valence-corrected chi connectivity index (χ3v) is 1.53. The summed E-state index contributed by atoms with van der Waals surface area (Å²) in [6, 6.07) is 0. The summed E-state index contributed by atoms with van der Waals surface area (Å²) in [4.78, 5) is 17.4. The van der Waals surface area contributed by atoms with E-state index >= 15 is 0 Å². The first kappa shape index (κ1) is 6.17. The number of hydrogen-bond donors (Lipinski definition) is 3. The molecule has 0 fully saturated rings. The fourth-order valence-corrected chi connectivity index (χ4v) is 1.03. The summed E-state index contributed by atoms with van der Waals surface area (Å²) in [6.45, 7) is 0.426. The van der Waals surface area contributed by atoms with Crippen LogP contribution in [0.2, 0.25) is 0 Å². The van der Waals surface area contributed by atoms with E-state index in [0.717, 1.165) is 0 Å². The van der Waals surface area contributed by atoms with Gasteiger partial charge in [-0.2, -0.15) is 0 Å². The van der Waals surface area contributed by atoms with Crippen LogP contribution in [0.5, 0.6) is 0 Å². The van der Waals surface area contributed by atoms with Gasteiger partial charge < -0.3 is 10.3 Å². The van der Waals surface area contributed by atoms with Gasteiger partial charge in [-0.25, -0.2) is 10.8 Å². The van der Waals surface area contributed by atoms with E-state index in [1.54, 1.807) is 0 Å². The van der Waals surface area contributed by atoms with Crippen LogP contribution >= 0.6 is 0 Å². The molecule has 0 saturated heterocycles. The Kier molecular flexibility index (Phi) is 1.10. The molecule has 6 heteroatoms. The molecular weight excluding hydrogens is 146 g/mol. The van der Waals surface area contributed by atoms with E-state index < -0.39 is 0 Å². The van der Waals surface area contributed by atoms with E-state index in [4.69, 9.17) is 5.84 Å². The van der Waals surface area contributed by atoms with Crippen molar-refractivity contribution >= 4 is 11.5 Å². The second-order valence-corrected chi connectivity index (χ2v) is 2.23. The number of nitrogens with one attached hydrogen (secondary N) is 2. The van der Waals surface area contributed by atoms with Crippen molar-refractivity contribution < 1.29 is 0 Å². The van der Waals surface area contributed by atoms with Gasteiger partial charge in [0.1, 0.15) is 6.67 Å². The van der Waals surface area contributed by atoms with Gasteiger partial charge >= 0.3 is 0 Å². The smallest absolute Gasteiger partial charge is 0.277 e. The summed E-state index contributed by atoms with van der Waals surface area (Å²) in [5.41, 5.74) is 0.176. The van der Waals surface area contributed by atoms with Crippen molar-refractivity contribution in [1.82, 2.24) is 9.97 Å². The lowest BCUT2D eigenvalue weighted by molar-refractivity contribution is 0.934. The van der Waals surface area contributed by atoms with Crippen LogP contribution in [0.4, 0.5) is 11.5 Å². The lowest BCUT2D eigenvalue weighted by Gasteiger charge is -2.05.